The molecule has 0 spiro atoms. The van der Waals surface area contributed by atoms with Crippen LogP contribution in [0.5, 0.6) is 5.75 Å². The molecule has 1 aliphatic heterocycles. The summed E-state index contributed by atoms with van der Waals surface area (Å²) in [6.07, 6.45) is 2.79. The van der Waals surface area contributed by atoms with Crippen LogP contribution in [0.2, 0.25) is 0 Å². The lowest BCUT2D eigenvalue weighted by Crippen LogP contribution is -2.43. The lowest BCUT2D eigenvalue weighted by Gasteiger charge is -2.38. The largest absolute Gasteiger partial charge is 0.493 e. The molecule has 0 saturated carbocycles. The first-order valence-corrected chi connectivity index (χ1v) is 7.32. The first-order valence-electron chi connectivity index (χ1n) is 7.32. The molecule has 0 saturated heterocycles. The molecule has 0 amide bonds. The molecule has 3 nitrogen and oxygen atoms in total. The second-order valence-corrected chi connectivity index (χ2v) is 5.12. The van der Waals surface area contributed by atoms with Crippen LogP contribution in [0, 0.1) is 0 Å². The Kier molecular flexibility index (Phi) is 4.48. The van der Waals surface area contributed by atoms with Gasteiger partial charge in [0, 0.05) is 18.6 Å². The van der Waals surface area contributed by atoms with Gasteiger partial charge in [0.05, 0.1) is 18.2 Å². The second kappa shape index (κ2) is 5.93. The number of ether oxygens (including phenoxy) is 2. The average molecular weight is 263 g/mol. The molecule has 1 aromatic carbocycles. The zero-order valence-corrected chi connectivity index (χ0v) is 12.2. The van der Waals surface area contributed by atoms with Crippen molar-refractivity contribution < 1.29 is 9.47 Å². The minimum absolute atomic E-state index is 0.143. The Hall–Kier alpha value is -1.06. The molecule has 0 bridgehead atoms. The molecule has 2 N–H and O–H groups in total. The highest BCUT2D eigenvalue weighted by Crippen LogP contribution is 2.40. The maximum Gasteiger partial charge on any atom is 0.127 e. The summed E-state index contributed by atoms with van der Waals surface area (Å²) < 4.78 is 11.8. The fourth-order valence-corrected chi connectivity index (χ4v) is 3.04. The number of hydrogen-bond acceptors (Lipinski definition) is 3. The highest BCUT2D eigenvalue weighted by molar-refractivity contribution is 5.46. The fraction of sp³-hybridized carbons (Fsp3) is 0.625. The lowest BCUT2D eigenvalue weighted by atomic mass is 9.83. The Morgan fingerprint density at radius 3 is 2.68 bits per heavy atom. The van der Waals surface area contributed by atoms with Crippen LogP contribution in [-0.2, 0) is 11.2 Å². The third kappa shape index (κ3) is 2.49. The van der Waals surface area contributed by atoms with Crippen molar-refractivity contribution in [1.82, 2.24) is 0 Å². The van der Waals surface area contributed by atoms with Gasteiger partial charge in [-0.2, -0.15) is 0 Å². The number of nitrogens with two attached hydrogens (primary N) is 1. The summed E-state index contributed by atoms with van der Waals surface area (Å²) >= 11 is 0. The summed E-state index contributed by atoms with van der Waals surface area (Å²) in [5.74, 6) is 0.987. The topological polar surface area (TPSA) is 44.5 Å². The number of hydrogen-bond donors (Lipinski definition) is 1. The highest BCUT2D eigenvalue weighted by Gasteiger charge is 2.37. The summed E-state index contributed by atoms with van der Waals surface area (Å²) in [6.45, 7) is 7.76. The van der Waals surface area contributed by atoms with E-state index in [2.05, 4.69) is 32.0 Å². The lowest BCUT2D eigenvalue weighted by molar-refractivity contribution is -0.0649. The Balaban J connectivity index is 2.37. The molecule has 106 valence electrons. The smallest absolute Gasteiger partial charge is 0.127 e. The molecule has 0 aromatic heterocycles. The van der Waals surface area contributed by atoms with Crippen LogP contribution in [0.4, 0.5) is 0 Å². The van der Waals surface area contributed by atoms with Gasteiger partial charge in [0.1, 0.15) is 5.75 Å². The van der Waals surface area contributed by atoms with Gasteiger partial charge in [-0.15, -0.1) is 0 Å². The molecule has 1 heterocycles. The highest BCUT2D eigenvalue weighted by atomic mass is 16.5. The maximum atomic E-state index is 6.55. The molecule has 0 radical (unpaired) electrons. The minimum Gasteiger partial charge on any atom is -0.493 e. The van der Waals surface area contributed by atoms with Crippen LogP contribution < -0.4 is 10.5 Å². The Bertz CT molecular complexity index is 427. The van der Waals surface area contributed by atoms with Crippen molar-refractivity contribution >= 4 is 0 Å². The van der Waals surface area contributed by atoms with Crippen molar-refractivity contribution in [3.05, 3.63) is 29.3 Å². The van der Waals surface area contributed by atoms with E-state index in [1.165, 1.54) is 5.56 Å². The standard InChI is InChI=1S/C16H25NO2/c1-4-16(5-2,19-6-3)15(17)13-9-7-8-12-10-11-18-14(12)13/h7-9,15H,4-6,10-11,17H2,1-3H3. The normalized spacial score (nSPS) is 16.0. The summed E-state index contributed by atoms with van der Waals surface area (Å²) in [5, 5.41) is 0. The molecule has 1 aliphatic rings. The third-order valence-electron chi connectivity index (χ3n) is 4.28. The molecule has 0 fully saturated rings. The Morgan fingerprint density at radius 2 is 2.05 bits per heavy atom. The van der Waals surface area contributed by atoms with Gasteiger partial charge in [0.15, 0.2) is 0 Å². The first kappa shape index (κ1) is 14.4. The van der Waals surface area contributed by atoms with Crippen molar-refractivity contribution in [3.8, 4) is 5.75 Å². The molecular formula is C16H25NO2. The van der Waals surface area contributed by atoms with Gasteiger partial charge in [0.25, 0.3) is 0 Å². The third-order valence-corrected chi connectivity index (χ3v) is 4.28. The van der Waals surface area contributed by atoms with Crippen LogP contribution in [0.3, 0.4) is 0 Å². The number of fused-ring (bicyclic) bond motifs is 1. The quantitative estimate of drug-likeness (QED) is 0.857. The summed E-state index contributed by atoms with van der Waals surface area (Å²) in [7, 11) is 0. The van der Waals surface area contributed by atoms with Gasteiger partial charge in [0.2, 0.25) is 0 Å². The van der Waals surface area contributed by atoms with Crippen LogP contribution in [0.25, 0.3) is 0 Å². The molecular weight excluding hydrogens is 238 g/mol. The monoisotopic (exact) mass is 263 g/mol. The van der Waals surface area contributed by atoms with E-state index in [9.17, 15) is 0 Å². The number of para-hydroxylation sites is 1. The van der Waals surface area contributed by atoms with E-state index in [4.69, 9.17) is 15.2 Å². The van der Waals surface area contributed by atoms with Gasteiger partial charge >= 0.3 is 0 Å². The van der Waals surface area contributed by atoms with Crippen molar-refractivity contribution in [2.24, 2.45) is 5.73 Å². The average Bonchev–Trinajstić information content (AvgIpc) is 2.92. The maximum absolute atomic E-state index is 6.55. The van der Waals surface area contributed by atoms with E-state index < -0.39 is 0 Å². The Morgan fingerprint density at radius 1 is 1.32 bits per heavy atom. The predicted molar refractivity (Wildman–Crippen MR) is 77.5 cm³/mol. The van der Waals surface area contributed by atoms with Crippen LogP contribution in [0.15, 0.2) is 18.2 Å². The summed E-state index contributed by atoms with van der Waals surface area (Å²) in [4.78, 5) is 0. The number of rotatable bonds is 6. The molecule has 0 aliphatic carbocycles. The molecule has 19 heavy (non-hydrogen) atoms. The van der Waals surface area contributed by atoms with Crippen molar-refractivity contribution in [2.45, 2.75) is 51.7 Å². The Labute approximate surface area is 116 Å². The van der Waals surface area contributed by atoms with E-state index in [1.54, 1.807) is 0 Å². The zero-order chi connectivity index (χ0) is 13.9. The van der Waals surface area contributed by atoms with Gasteiger partial charge in [-0.3, -0.25) is 0 Å². The fourth-order valence-electron chi connectivity index (χ4n) is 3.04. The van der Waals surface area contributed by atoms with E-state index in [-0.39, 0.29) is 11.6 Å². The zero-order valence-electron chi connectivity index (χ0n) is 12.2. The second-order valence-electron chi connectivity index (χ2n) is 5.12. The van der Waals surface area contributed by atoms with Crippen molar-refractivity contribution in [3.63, 3.8) is 0 Å². The van der Waals surface area contributed by atoms with Gasteiger partial charge in [-0.25, -0.2) is 0 Å². The van der Waals surface area contributed by atoms with Crippen LogP contribution in [0.1, 0.15) is 50.8 Å². The van der Waals surface area contributed by atoms with Gasteiger partial charge in [-0.1, -0.05) is 32.0 Å². The van der Waals surface area contributed by atoms with E-state index in [1.807, 2.05) is 6.92 Å². The molecule has 3 heteroatoms. The molecule has 2 rings (SSSR count). The molecule has 1 unspecified atom stereocenters. The molecule has 1 aromatic rings. The summed E-state index contributed by atoms with van der Waals surface area (Å²) in [6, 6.07) is 6.13. The van der Waals surface area contributed by atoms with E-state index >= 15 is 0 Å². The van der Waals surface area contributed by atoms with Gasteiger partial charge < -0.3 is 15.2 Å². The SMILES string of the molecule is CCOC(CC)(CC)C(N)c1cccc2c1OCC2. The van der Waals surface area contributed by atoms with Crippen LogP contribution >= 0.6 is 0 Å². The van der Waals surface area contributed by atoms with Crippen LogP contribution in [-0.4, -0.2) is 18.8 Å². The number of benzene rings is 1. The minimum atomic E-state index is -0.296. The van der Waals surface area contributed by atoms with Gasteiger partial charge in [-0.05, 0) is 25.3 Å². The first-order chi connectivity index (χ1) is 9.18. The van der Waals surface area contributed by atoms with Crippen molar-refractivity contribution in [2.75, 3.05) is 13.2 Å². The van der Waals surface area contributed by atoms with E-state index in [0.717, 1.165) is 37.2 Å². The van der Waals surface area contributed by atoms with E-state index in [0.29, 0.717) is 6.61 Å². The summed E-state index contributed by atoms with van der Waals surface area (Å²) in [5.41, 5.74) is 8.61. The molecule has 1 atom stereocenters. The van der Waals surface area contributed by atoms with Crippen molar-refractivity contribution in [1.29, 1.82) is 0 Å². The predicted octanol–water partition coefficient (Wildman–Crippen LogP) is 3.22.